The third-order valence-electron chi connectivity index (χ3n) is 2.77. The van der Waals surface area contributed by atoms with E-state index in [-0.39, 0.29) is 12.2 Å². The van der Waals surface area contributed by atoms with Gasteiger partial charge in [0.2, 0.25) is 6.10 Å². The van der Waals surface area contributed by atoms with Gasteiger partial charge in [-0.2, -0.15) is 0 Å². The summed E-state index contributed by atoms with van der Waals surface area (Å²) >= 11 is 0. The van der Waals surface area contributed by atoms with Crippen molar-refractivity contribution >= 4 is 11.9 Å². The second kappa shape index (κ2) is 5.60. The summed E-state index contributed by atoms with van der Waals surface area (Å²) in [6.45, 7) is 0.264. The largest absolute Gasteiger partial charge is 0.496 e. The third-order valence-corrected chi connectivity index (χ3v) is 2.77. The maximum atomic E-state index is 12.1. The number of cyclic esters (lactones) is 1. The topological polar surface area (TPSA) is 71.1 Å². The number of carbonyl (C=O) groups is 2. The van der Waals surface area contributed by atoms with E-state index >= 15 is 0 Å². The van der Waals surface area contributed by atoms with Crippen LogP contribution in [0.2, 0.25) is 0 Å². The highest BCUT2D eigenvalue weighted by Gasteiger charge is 2.32. The Bertz CT molecular complexity index is 474. The van der Waals surface area contributed by atoms with Crippen molar-refractivity contribution in [2.24, 2.45) is 0 Å². The van der Waals surface area contributed by atoms with Crippen molar-refractivity contribution in [2.45, 2.75) is 12.5 Å². The molecule has 0 amide bonds. The summed E-state index contributed by atoms with van der Waals surface area (Å²) in [7, 11) is 2.88. The van der Waals surface area contributed by atoms with Gasteiger partial charge in [0.15, 0.2) is 0 Å². The van der Waals surface area contributed by atoms with Crippen LogP contribution in [0, 0.1) is 0 Å². The van der Waals surface area contributed by atoms with Crippen LogP contribution in [-0.4, -0.2) is 38.9 Å². The molecule has 1 saturated heterocycles. The summed E-state index contributed by atoms with van der Waals surface area (Å²) in [5.41, 5.74) is 0.159. The normalized spacial score (nSPS) is 17.8. The van der Waals surface area contributed by atoms with Crippen molar-refractivity contribution in [3.05, 3.63) is 23.8 Å². The van der Waals surface area contributed by atoms with Gasteiger partial charge in [-0.3, -0.25) is 0 Å². The number of ether oxygens (including phenoxy) is 4. The number of methoxy groups -OCH3 is 2. The Morgan fingerprint density at radius 3 is 2.37 bits per heavy atom. The Labute approximate surface area is 110 Å². The molecule has 1 heterocycles. The molecule has 1 fully saturated rings. The van der Waals surface area contributed by atoms with Crippen molar-refractivity contribution in [1.82, 2.24) is 0 Å². The number of carbonyl (C=O) groups excluding carboxylic acids is 2. The lowest BCUT2D eigenvalue weighted by atomic mass is 10.1. The monoisotopic (exact) mass is 266 g/mol. The molecule has 6 nitrogen and oxygen atoms in total. The van der Waals surface area contributed by atoms with Gasteiger partial charge < -0.3 is 18.9 Å². The van der Waals surface area contributed by atoms with Gasteiger partial charge in [-0.25, -0.2) is 9.59 Å². The SMILES string of the molecule is COc1cccc(OC)c1C(=O)O[C@@H]1CCOC1=O. The van der Waals surface area contributed by atoms with Crippen molar-refractivity contribution < 1.29 is 28.5 Å². The molecule has 2 rings (SSSR count). The van der Waals surface area contributed by atoms with E-state index < -0.39 is 18.0 Å². The van der Waals surface area contributed by atoms with Crippen molar-refractivity contribution in [3.8, 4) is 11.5 Å². The van der Waals surface area contributed by atoms with E-state index in [1.165, 1.54) is 14.2 Å². The van der Waals surface area contributed by atoms with Gasteiger partial charge in [-0.05, 0) is 12.1 Å². The maximum absolute atomic E-state index is 12.1. The molecule has 19 heavy (non-hydrogen) atoms. The minimum absolute atomic E-state index is 0.159. The molecule has 0 aliphatic carbocycles. The molecule has 0 aromatic heterocycles. The van der Waals surface area contributed by atoms with Crippen LogP contribution < -0.4 is 9.47 Å². The van der Waals surface area contributed by atoms with Gasteiger partial charge in [0.05, 0.1) is 20.8 Å². The number of rotatable bonds is 4. The van der Waals surface area contributed by atoms with E-state index in [1.54, 1.807) is 18.2 Å². The van der Waals surface area contributed by atoms with Gasteiger partial charge in [-0.1, -0.05) is 6.07 Å². The second-order valence-electron chi connectivity index (χ2n) is 3.89. The smallest absolute Gasteiger partial charge is 0.347 e. The highest BCUT2D eigenvalue weighted by Crippen LogP contribution is 2.29. The van der Waals surface area contributed by atoms with Crippen molar-refractivity contribution in [3.63, 3.8) is 0 Å². The predicted octanol–water partition coefficient (Wildman–Crippen LogP) is 1.18. The molecule has 0 radical (unpaired) electrons. The first-order chi connectivity index (χ1) is 9.17. The molecule has 6 heteroatoms. The lowest BCUT2D eigenvalue weighted by Crippen LogP contribution is -2.23. The van der Waals surface area contributed by atoms with E-state index in [2.05, 4.69) is 0 Å². The van der Waals surface area contributed by atoms with E-state index in [9.17, 15) is 9.59 Å². The van der Waals surface area contributed by atoms with Crippen molar-refractivity contribution in [2.75, 3.05) is 20.8 Å². The fourth-order valence-electron chi connectivity index (χ4n) is 1.82. The fourth-order valence-corrected chi connectivity index (χ4v) is 1.82. The third kappa shape index (κ3) is 2.62. The Morgan fingerprint density at radius 1 is 1.26 bits per heavy atom. The van der Waals surface area contributed by atoms with E-state index in [1.807, 2.05) is 0 Å². The maximum Gasteiger partial charge on any atom is 0.347 e. The highest BCUT2D eigenvalue weighted by atomic mass is 16.6. The van der Waals surface area contributed by atoms with E-state index in [0.717, 1.165) is 0 Å². The first-order valence-corrected chi connectivity index (χ1v) is 5.76. The molecule has 1 aliphatic rings. The number of benzene rings is 1. The lowest BCUT2D eigenvalue weighted by molar-refractivity contribution is -0.145. The zero-order chi connectivity index (χ0) is 13.8. The molecule has 1 aromatic rings. The summed E-state index contributed by atoms with van der Waals surface area (Å²) in [4.78, 5) is 23.4. The van der Waals surface area contributed by atoms with Gasteiger partial charge in [0.1, 0.15) is 17.1 Å². The van der Waals surface area contributed by atoms with Crippen LogP contribution in [0.1, 0.15) is 16.8 Å². The average molecular weight is 266 g/mol. The molecule has 102 valence electrons. The minimum Gasteiger partial charge on any atom is -0.496 e. The molecule has 0 spiro atoms. The molecule has 0 unspecified atom stereocenters. The quantitative estimate of drug-likeness (QED) is 0.762. The Kier molecular flexibility index (Phi) is 3.89. The molecular weight excluding hydrogens is 252 g/mol. The second-order valence-corrected chi connectivity index (χ2v) is 3.89. The first-order valence-electron chi connectivity index (χ1n) is 5.76. The fraction of sp³-hybridized carbons (Fsp3) is 0.385. The number of hydrogen-bond acceptors (Lipinski definition) is 6. The molecule has 0 bridgehead atoms. The van der Waals surface area contributed by atoms with Crippen LogP contribution in [0.4, 0.5) is 0 Å². The van der Waals surface area contributed by atoms with Gasteiger partial charge >= 0.3 is 11.9 Å². The highest BCUT2D eigenvalue weighted by molar-refractivity contribution is 5.97. The molecule has 0 N–H and O–H groups in total. The molecule has 0 saturated carbocycles. The van der Waals surface area contributed by atoms with E-state index in [4.69, 9.17) is 18.9 Å². The van der Waals surface area contributed by atoms with Crippen LogP contribution in [-0.2, 0) is 14.3 Å². The minimum atomic E-state index is -0.859. The molecule has 1 aliphatic heterocycles. The van der Waals surface area contributed by atoms with E-state index in [0.29, 0.717) is 17.9 Å². The standard InChI is InChI=1S/C13H14O6/c1-16-8-4-3-5-9(17-2)11(8)13(15)19-10-6-7-18-12(10)14/h3-5,10H,6-7H2,1-2H3/t10-/m1/s1. The van der Waals surface area contributed by atoms with Crippen LogP contribution in [0.15, 0.2) is 18.2 Å². The lowest BCUT2D eigenvalue weighted by Gasteiger charge is -2.13. The van der Waals surface area contributed by atoms with Crippen LogP contribution in [0.5, 0.6) is 11.5 Å². The Morgan fingerprint density at radius 2 is 1.89 bits per heavy atom. The molecule has 1 atom stereocenters. The Hall–Kier alpha value is -2.24. The summed E-state index contributed by atoms with van der Waals surface area (Å²) in [6.07, 6.45) is -0.496. The summed E-state index contributed by atoms with van der Waals surface area (Å²) in [6, 6.07) is 4.93. The Balaban J connectivity index is 2.24. The molecule has 1 aromatic carbocycles. The van der Waals surface area contributed by atoms with Gasteiger partial charge in [-0.15, -0.1) is 0 Å². The zero-order valence-electron chi connectivity index (χ0n) is 10.7. The average Bonchev–Trinajstić information content (AvgIpc) is 2.83. The molecular formula is C13H14O6. The van der Waals surface area contributed by atoms with Crippen LogP contribution in [0.3, 0.4) is 0 Å². The number of hydrogen-bond donors (Lipinski definition) is 0. The number of esters is 2. The van der Waals surface area contributed by atoms with Crippen LogP contribution in [0.25, 0.3) is 0 Å². The van der Waals surface area contributed by atoms with Crippen molar-refractivity contribution in [1.29, 1.82) is 0 Å². The summed E-state index contributed by atoms with van der Waals surface area (Å²) in [5.74, 6) is -0.535. The van der Waals surface area contributed by atoms with Gasteiger partial charge in [0.25, 0.3) is 0 Å². The predicted molar refractivity (Wildman–Crippen MR) is 64.3 cm³/mol. The van der Waals surface area contributed by atoms with Crippen LogP contribution >= 0.6 is 0 Å². The first kappa shape index (κ1) is 13.2. The summed E-state index contributed by atoms with van der Waals surface area (Å²) in [5, 5.41) is 0. The zero-order valence-corrected chi connectivity index (χ0v) is 10.7. The van der Waals surface area contributed by atoms with Gasteiger partial charge in [0, 0.05) is 6.42 Å². The summed E-state index contributed by atoms with van der Waals surface area (Å²) < 4.78 is 20.1.